The molecule has 1 aliphatic heterocycles. The maximum Gasteiger partial charge on any atom is 0.163 e. The fourth-order valence-corrected chi connectivity index (χ4v) is 6.73. The topological polar surface area (TPSA) is 29.1 Å². The molecule has 0 saturated heterocycles. The van der Waals surface area contributed by atoms with E-state index in [0.717, 1.165) is 60.3 Å². The molecule has 4 saturated carbocycles. The van der Waals surface area contributed by atoms with Gasteiger partial charge in [0, 0.05) is 28.3 Å². The molecule has 4 fully saturated rings. The number of fused-ring (bicyclic) bond motifs is 1. The third-order valence-electron chi connectivity index (χ3n) is 7.30. The van der Waals surface area contributed by atoms with E-state index in [0.29, 0.717) is 5.78 Å². The van der Waals surface area contributed by atoms with Gasteiger partial charge in [0.2, 0.25) is 0 Å². The van der Waals surface area contributed by atoms with Gasteiger partial charge in [0.1, 0.15) is 5.82 Å². The monoisotopic (exact) mass is 353 g/mol. The number of carbonyl (C=O) groups is 1. The van der Waals surface area contributed by atoms with Crippen LogP contribution in [0.2, 0.25) is 0 Å². The molecular weight excluding hydrogens is 325 g/mol. The predicted molar refractivity (Wildman–Crippen MR) is 101 cm³/mol. The molecule has 4 aliphatic carbocycles. The summed E-state index contributed by atoms with van der Waals surface area (Å²) in [5.74, 6) is 2.41. The van der Waals surface area contributed by atoms with Gasteiger partial charge in [-0.05, 0) is 100 Å². The van der Waals surface area contributed by atoms with Crippen LogP contribution in [0.3, 0.4) is 0 Å². The first kappa shape index (κ1) is 16.5. The van der Waals surface area contributed by atoms with E-state index in [1.54, 1.807) is 6.07 Å². The van der Waals surface area contributed by atoms with Gasteiger partial charge in [-0.2, -0.15) is 0 Å². The van der Waals surface area contributed by atoms with Crippen molar-refractivity contribution in [1.29, 1.82) is 0 Å². The van der Waals surface area contributed by atoms with E-state index in [2.05, 4.69) is 19.2 Å². The van der Waals surface area contributed by atoms with Crippen LogP contribution < -0.4 is 5.32 Å². The predicted octanol–water partition coefficient (Wildman–Crippen LogP) is 4.88. The maximum atomic E-state index is 13.7. The van der Waals surface area contributed by atoms with Gasteiger partial charge in [-0.15, -0.1) is 0 Å². The molecule has 26 heavy (non-hydrogen) atoms. The first-order chi connectivity index (χ1) is 12.3. The average Bonchev–Trinajstić information content (AvgIpc) is 2.51. The quantitative estimate of drug-likeness (QED) is 0.768. The highest BCUT2D eigenvalue weighted by atomic mass is 19.1. The van der Waals surface area contributed by atoms with Crippen molar-refractivity contribution >= 4 is 11.5 Å². The smallest absolute Gasteiger partial charge is 0.163 e. The second-order valence-electron chi connectivity index (χ2n) is 10.1. The van der Waals surface area contributed by atoms with Crippen LogP contribution in [0.5, 0.6) is 0 Å². The van der Waals surface area contributed by atoms with E-state index < -0.39 is 0 Å². The SMILES string of the molecule is CC1(C)Cc2cc(F)ccc2/C(=C\C(=O)C23CC4CC(CC(C4)C2)C3)N1. The van der Waals surface area contributed by atoms with E-state index in [1.165, 1.54) is 25.3 Å². The minimum absolute atomic E-state index is 0.120. The lowest BCUT2D eigenvalue weighted by molar-refractivity contribution is -0.138. The van der Waals surface area contributed by atoms with Crippen LogP contribution in [0.15, 0.2) is 24.3 Å². The summed E-state index contributed by atoms with van der Waals surface area (Å²) in [5.41, 5.74) is 2.58. The van der Waals surface area contributed by atoms with Crippen molar-refractivity contribution in [2.24, 2.45) is 23.2 Å². The van der Waals surface area contributed by atoms with Gasteiger partial charge in [-0.1, -0.05) is 0 Å². The lowest BCUT2D eigenvalue weighted by Crippen LogP contribution is -2.50. The molecule has 1 aromatic rings. The summed E-state index contributed by atoms with van der Waals surface area (Å²) < 4.78 is 13.7. The number of rotatable bonds is 2. The number of benzene rings is 1. The van der Waals surface area contributed by atoms with Gasteiger partial charge in [-0.25, -0.2) is 4.39 Å². The summed E-state index contributed by atoms with van der Waals surface area (Å²) in [5, 5.41) is 3.55. The van der Waals surface area contributed by atoms with Crippen LogP contribution in [0.4, 0.5) is 4.39 Å². The van der Waals surface area contributed by atoms with Crippen molar-refractivity contribution < 1.29 is 9.18 Å². The summed E-state index contributed by atoms with van der Waals surface area (Å²) in [7, 11) is 0. The van der Waals surface area contributed by atoms with Gasteiger partial charge in [-0.3, -0.25) is 4.79 Å². The van der Waals surface area contributed by atoms with Crippen molar-refractivity contribution in [1.82, 2.24) is 5.32 Å². The zero-order chi connectivity index (χ0) is 18.1. The molecule has 0 unspecified atom stereocenters. The molecule has 0 spiro atoms. The molecule has 3 heteroatoms. The minimum atomic E-state index is -0.201. The Bertz CT molecular complexity index is 771. The van der Waals surface area contributed by atoms with Crippen molar-refractivity contribution in [3.05, 3.63) is 41.2 Å². The molecule has 4 bridgehead atoms. The van der Waals surface area contributed by atoms with E-state index in [4.69, 9.17) is 0 Å². The third-order valence-corrected chi connectivity index (χ3v) is 7.30. The first-order valence-corrected chi connectivity index (χ1v) is 10.2. The van der Waals surface area contributed by atoms with Crippen LogP contribution in [-0.4, -0.2) is 11.3 Å². The molecule has 5 aliphatic rings. The number of ketones is 1. The molecule has 0 aromatic heterocycles. The zero-order valence-corrected chi connectivity index (χ0v) is 15.8. The summed E-state index contributed by atoms with van der Waals surface area (Å²) in [6, 6.07) is 4.95. The first-order valence-electron chi connectivity index (χ1n) is 10.2. The van der Waals surface area contributed by atoms with Crippen molar-refractivity contribution in [3.63, 3.8) is 0 Å². The van der Waals surface area contributed by atoms with Gasteiger partial charge >= 0.3 is 0 Å². The van der Waals surface area contributed by atoms with Crippen LogP contribution in [0.25, 0.3) is 5.70 Å². The van der Waals surface area contributed by atoms with Crippen molar-refractivity contribution in [3.8, 4) is 0 Å². The molecule has 1 N–H and O–H groups in total. The lowest BCUT2D eigenvalue weighted by atomic mass is 9.48. The molecule has 0 radical (unpaired) electrons. The van der Waals surface area contributed by atoms with Crippen molar-refractivity contribution in [2.75, 3.05) is 0 Å². The second-order valence-corrected chi connectivity index (χ2v) is 10.1. The highest BCUT2D eigenvalue weighted by Gasteiger charge is 2.53. The molecule has 1 aromatic carbocycles. The summed E-state index contributed by atoms with van der Waals surface area (Å²) in [6.07, 6.45) is 9.92. The van der Waals surface area contributed by atoms with Crippen LogP contribution >= 0.6 is 0 Å². The number of nitrogens with one attached hydrogen (secondary N) is 1. The molecule has 1 heterocycles. The Hall–Kier alpha value is -1.64. The van der Waals surface area contributed by atoms with Crippen molar-refractivity contribution in [2.45, 2.75) is 64.3 Å². The molecule has 0 atom stereocenters. The van der Waals surface area contributed by atoms with Crippen LogP contribution in [0.1, 0.15) is 63.5 Å². The number of hydrogen-bond donors (Lipinski definition) is 1. The number of halogens is 1. The fraction of sp³-hybridized carbons (Fsp3) is 0.609. The summed E-state index contributed by atoms with van der Waals surface area (Å²) >= 11 is 0. The number of hydrogen-bond acceptors (Lipinski definition) is 2. The van der Waals surface area contributed by atoms with E-state index >= 15 is 0 Å². The number of carbonyl (C=O) groups excluding carboxylic acids is 1. The van der Waals surface area contributed by atoms with Gasteiger partial charge < -0.3 is 5.32 Å². The standard InChI is InChI=1S/C23H28FNO/c1-22(2)13-17-8-18(24)3-4-19(17)20(25-22)9-21(26)23-10-14-5-15(11-23)7-16(6-14)12-23/h3-4,8-9,14-16,25H,5-7,10-13H2,1-2H3/b20-9+. The highest BCUT2D eigenvalue weighted by molar-refractivity contribution is 6.01. The average molecular weight is 353 g/mol. The lowest BCUT2D eigenvalue weighted by Gasteiger charge is -2.55. The largest absolute Gasteiger partial charge is 0.379 e. The van der Waals surface area contributed by atoms with Gasteiger partial charge in [0.05, 0.1) is 0 Å². The molecule has 0 amide bonds. The minimum Gasteiger partial charge on any atom is -0.379 e. The van der Waals surface area contributed by atoms with E-state index in [1.807, 2.05) is 12.1 Å². The Kier molecular flexibility index (Phi) is 3.45. The van der Waals surface area contributed by atoms with E-state index in [9.17, 15) is 9.18 Å². The van der Waals surface area contributed by atoms with E-state index in [-0.39, 0.29) is 16.8 Å². The molecule has 138 valence electrons. The zero-order valence-electron chi connectivity index (χ0n) is 15.8. The van der Waals surface area contributed by atoms with Gasteiger partial charge in [0.25, 0.3) is 0 Å². The molecule has 2 nitrogen and oxygen atoms in total. The normalized spacial score (nSPS) is 38.1. The molecular formula is C23H28FNO. The fourth-order valence-electron chi connectivity index (χ4n) is 6.73. The summed E-state index contributed by atoms with van der Waals surface area (Å²) in [4.78, 5) is 13.5. The Balaban J connectivity index is 1.51. The molecule has 6 rings (SSSR count). The Morgan fingerprint density at radius 1 is 1.12 bits per heavy atom. The maximum absolute atomic E-state index is 13.7. The Morgan fingerprint density at radius 3 is 2.35 bits per heavy atom. The third kappa shape index (κ3) is 2.62. The van der Waals surface area contributed by atoms with Crippen LogP contribution in [-0.2, 0) is 11.2 Å². The highest BCUT2D eigenvalue weighted by Crippen LogP contribution is 2.60. The Morgan fingerprint density at radius 2 is 1.73 bits per heavy atom. The van der Waals surface area contributed by atoms with Crippen LogP contribution in [0, 0.1) is 29.0 Å². The van der Waals surface area contributed by atoms with Gasteiger partial charge in [0.15, 0.2) is 5.78 Å². The second kappa shape index (κ2) is 5.43. The summed E-state index contributed by atoms with van der Waals surface area (Å²) in [6.45, 7) is 4.23. The Labute approximate surface area is 155 Å². The number of allylic oxidation sites excluding steroid dienone is 1.